The van der Waals surface area contributed by atoms with Gasteiger partial charge in [-0.3, -0.25) is 0 Å². The van der Waals surface area contributed by atoms with Gasteiger partial charge in [0.25, 0.3) is 0 Å². The lowest BCUT2D eigenvalue weighted by Crippen LogP contribution is -2.48. The third kappa shape index (κ3) is 2.91. The Morgan fingerprint density at radius 2 is 1.87 bits per heavy atom. The van der Waals surface area contributed by atoms with Crippen molar-refractivity contribution < 1.29 is 12.8 Å². The van der Waals surface area contributed by atoms with Crippen LogP contribution < -0.4 is 4.90 Å². The SMILES string of the molecule is Cc1nnc(N2CCN(S(=O)(=O)c3ccccc3C#N)CC2)o1. The van der Waals surface area contributed by atoms with E-state index in [2.05, 4.69) is 10.2 Å². The predicted octanol–water partition coefficient (Wildman–Crippen LogP) is 0.761. The van der Waals surface area contributed by atoms with Crippen molar-refractivity contribution in [2.45, 2.75) is 11.8 Å². The van der Waals surface area contributed by atoms with Crippen molar-refractivity contribution in [3.05, 3.63) is 35.7 Å². The molecule has 1 aromatic carbocycles. The monoisotopic (exact) mass is 333 g/mol. The van der Waals surface area contributed by atoms with E-state index in [4.69, 9.17) is 9.68 Å². The van der Waals surface area contributed by atoms with Crippen LogP contribution in [0.2, 0.25) is 0 Å². The topological polar surface area (TPSA) is 103 Å². The molecule has 2 aromatic rings. The zero-order chi connectivity index (χ0) is 16.4. The summed E-state index contributed by atoms with van der Waals surface area (Å²) < 4.78 is 32.2. The average molecular weight is 333 g/mol. The maximum Gasteiger partial charge on any atom is 0.318 e. The second-order valence-corrected chi connectivity index (χ2v) is 7.01. The molecule has 0 unspecified atom stereocenters. The number of hydrogen-bond acceptors (Lipinski definition) is 7. The van der Waals surface area contributed by atoms with Gasteiger partial charge >= 0.3 is 6.01 Å². The number of nitriles is 1. The van der Waals surface area contributed by atoms with Crippen molar-refractivity contribution in [3.63, 3.8) is 0 Å². The zero-order valence-electron chi connectivity index (χ0n) is 12.5. The second kappa shape index (κ2) is 5.98. The minimum Gasteiger partial charge on any atom is -0.408 e. The molecule has 0 atom stereocenters. The molecule has 23 heavy (non-hydrogen) atoms. The number of benzene rings is 1. The molecule has 1 aromatic heterocycles. The van der Waals surface area contributed by atoms with Crippen molar-refractivity contribution in [2.24, 2.45) is 0 Å². The van der Waals surface area contributed by atoms with Gasteiger partial charge in [0, 0.05) is 33.1 Å². The van der Waals surface area contributed by atoms with E-state index in [0.717, 1.165) is 0 Å². The van der Waals surface area contributed by atoms with Crippen LogP contribution in [0, 0.1) is 18.3 Å². The predicted molar refractivity (Wildman–Crippen MR) is 81.2 cm³/mol. The number of rotatable bonds is 3. The average Bonchev–Trinajstić information content (AvgIpc) is 3.01. The van der Waals surface area contributed by atoms with Gasteiger partial charge in [0.15, 0.2) is 0 Å². The van der Waals surface area contributed by atoms with Crippen LogP contribution in [-0.2, 0) is 10.0 Å². The van der Waals surface area contributed by atoms with Crippen molar-refractivity contribution in [1.29, 1.82) is 5.26 Å². The highest BCUT2D eigenvalue weighted by Gasteiger charge is 2.31. The molecule has 1 aliphatic rings. The molecule has 0 N–H and O–H groups in total. The highest BCUT2D eigenvalue weighted by atomic mass is 32.2. The molecular formula is C14H15N5O3S. The quantitative estimate of drug-likeness (QED) is 0.817. The molecule has 0 saturated carbocycles. The maximum absolute atomic E-state index is 12.7. The molecule has 0 spiro atoms. The van der Waals surface area contributed by atoms with E-state index in [1.807, 2.05) is 11.0 Å². The summed E-state index contributed by atoms with van der Waals surface area (Å²) in [5.74, 6) is 0.470. The Hall–Kier alpha value is -2.44. The van der Waals surface area contributed by atoms with Gasteiger partial charge in [0.05, 0.1) is 10.5 Å². The molecule has 1 saturated heterocycles. The first-order valence-corrected chi connectivity index (χ1v) is 8.51. The molecule has 8 nitrogen and oxygen atoms in total. The van der Waals surface area contributed by atoms with Gasteiger partial charge in [-0.2, -0.15) is 9.57 Å². The van der Waals surface area contributed by atoms with Crippen LogP contribution in [0.3, 0.4) is 0 Å². The van der Waals surface area contributed by atoms with Gasteiger partial charge in [-0.05, 0) is 12.1 Å². The largest absolute Gasteiger partial charge is 0.408 e. The van der Waals surface area contributed by atoms with E-state index >= 15 is 0 Å². The number of anilines is 1. The van der Waals surface area contributed by atoms with E-state index in [1.165, 1.54) is 16.4 Å². The smallest absolute Gasteiger partial charge is 0.318 e. The fourth-order valence-electron chi connectivity index (χ4n) is 2.46. The van der Waals surface area contributed by atoms with Crippen LogP contribution in [0.15, 0.2) is 33.6 Å². The third-order valence-corrected chi connectivity index (χ3v) is 5.61. The Morgan fingerprint density at radius 3 is 2.48 bits per heavy atom. The van der Waals surface area contributed by atoms with E-state index < -0.39 is 10.0 Å². The van der Waals surface area contributed by atoms with Gasteiger partial charge in [-0.15, -0.1) is 5.10 Å². The number of aryl methyl sites for hydroxylation is 1. The first-order valence-electron chi connectivity index (χ1n) is 7.06. The normalized spacial score (nSPS) is 16.3. The Labute approximate surface area is 134 Å². The number of sulfonamides is 1. The van der Waals surface area contributed by atoms with Gasteiger partial charge in [0.2, 0.25) is 15.9 Å². The van der Waals surface area contributed by atoms with E-state index in [-0.39, 0.29) is 10.5 Å². The van der Waals surface area contributed by atoms with E-state index in [1.54, 1.807) is 19.1 Å². The summed E-state index contributed by atoms with van der Waals surface area (Å²) in [5.41, 5.74) is 0.155. The molecule has 0 bridgehead atoms. The fraction of sp³-hybridized carbons (Fsp3) is 0.357. The Balaban J connectivity index is 1.78. The highest BCUT2D eigenvalue weighted by Crippen LogP contribution is 2.22. The molecule has 3 rings (SSSR count). The van der Waals surface area contributed by atoms with Crippen LogP contribution in [0.1, 0.15) is 11.5 Å². The van der Waals surface area contributed by atoms with Gasteiger partial charge in [-0.25, -0.2) is 8.42 Å². The fourth-order valence-corrected chi connectivity index (χ4v) is 4.02. The molecule has 1 fully saturated rings. The Kier molecular flexibility index (Phi) is 4.02. The van der Waals surface area contributed by atoms with Crippen LogP contribution in [-0.4, -0.2) is 49.1 Å². The summed E-state index contributed by atoms with van der Waals surface area (Å²) in [6.45, 7) is 3.20. The number of hydrogen-bond donors (Lipinski definition) is 0. The summed E-state index contributed by atoms with van der Waals surface area (Å²) in [5, 5.41) is 16.8. The number of piperazine rings is 1. The minimum atomic E-state index is -3.69. The van der Waals surface area contributed by atoms with Gasteiger partial charge in [-0.1, -0.05) is 17.2 Å². The standard InChI is InChI=1S/C14H15N5O3S/c1-11-16-17-14(22-11)18-6-8-19(9-7-18)23(20,21)13-5-3-2-4-12(13)10-15/h2-5H,6-9H2,1H3. The van der Waals surface area contributed by atoms with Gasteiger partial charge in [0.1, 0.15) is 6.07 Å². The lowest BCUT2D eigenvalue weighted by Gasteiger charge is -2.32. The highest BCUT2D eigenvalue weighted by molar-refractivity contribution is 7.89. The van der Waals surface area contributed by atoms with Crippen molar-refractivity contribution in [2.75, 3.05) is 31.1 Å². The first-order chi connectivity index (χ1) is 11.0. The van der Waals surface area contributed by atoms with Crippen LogP contribution in [0.4, 0.5) is 6.01 Å². The molecule has 0 amide bonds. The molecular weight excluding hydrogens is 318 g/mol. The number of aromatic nitrogens is 2. The van der Waals surface area contributed by atoms with Crippen LogP contribution in [0.5, 0.6) is 0 Å². The van der Waals surface area contributed by atoms with Gasteiger partial charge < -0.3 is 9.32 Å². The first kappa shape index (κ1) is 15.5. The van der Waals surface area contributed by atoms with Crippen molar-refractivity contribution >= 4 is 16.0 Å². The maximum atomic E-state index is 12.7. The molecule has 9 heteroatoms. The Bertz CT molecular complexity index is 847. The summed E-state index contributed by atoms with van der Waals surface area (Å²) in [7, 11) is -3.69. The minimum absolute atomic E-state index is 0.0459. The lowest BCUT2D eigenvalue weighted by molar-refractivity contribution is 0.370. The second-order valence-electron chi connectivity index (χ2n) is 5.10. The van der Waals surface area contributed by atoms with E-state index in [0.29, 0.717) is 38.1 Å². The van der Waals surface area contributed by atoms with Crippen LogP contribution in [0.25, 0.3) is 0 Å². The molecule has 0 aliphatic carbocycles. The summed E-state index contributed by atoms with van der Waals surface area (Å²) in [4.78, 5) is 1.90. The molecule has 0 radical (unpaired) electrons. The van der Waals surface area contributed by atoms with E-state index in [9.17, 15) is 8.42 Å². The van der Waals surface area contributed by atoms with Crippen molar-refractivity contribution in [3.8, 4) is 6.07 Å². The zero-order valence-corrected chi connectivity index (χ0v) is 13.3. The molecule has 120 valence electrons. The summed E-state index contributed by atoms with van der Waals surface area (Å²) in [6.07, 6.45) is 0. The summed E-state index contributed by atoms with van der Waals surface area (Å²) >= 11 is 0. The summed E-state index contributed by atoms with van der Waals surface area (Å²) in [6, 6.07) is 8.56. The van der Waals surface area contributed by atoms with Crippen LogP contribution >= 0.6 is 0 Å². The molecule has 2 heterocycles. The van der Waals surface area contributed by atoms with Crippen molar-refractivity contribution in [1.82, 2.24) is 14.5 Å². The third-order valence-electron chi connectivity index (χ3n) is 3.65. The number of nitrogens with zero attached hydrogens (tertiary/aromatic N) is 5. The lowest BCUT2D eigenvalue weighted by atomic mass is 10.2. The molecule has 1 aliphatic heterocycles. The Morgan fingerprint density at radius 1 is 1.17 bits per heavy atom.